The van der Waals surface area contributed by atoms with Crippen LogP contribution in [-0.2, 0) is 28.6 Å². The van der Waals surface area contributed by atoms with Gasteiger partial charge < -0.3 is 14.2 Å². The zero-order valence-corrected chi connectivity index (χ0v) is 52.9. The highest BCUT2D eigenvalue weighted by molar-refractivity contribution is 5.71. The predicted octanol–water partition coefficient (Wildman–Crippen LogP) is 23.0. The Bertz CT molecular complexity index is 1990. The summed E-state index contributed by atoms with van der Waals surface area (Å²) in [6, 6.07) is 0. The molecule has 0 aromatic carbocycles. The molecule has 0 N–H and O–H groups in total. The molecule has 0 aromatic heterocycles. The second-order valence-corrected chi connectivity index (χ2v) is 20.9. The van der Waals surface area contributed by atoms with Crippen LogP contribution in [0.2, 0.25) is 0 Å². The molecule has 83 heavy (non-hydrogen) atoms. The summed E-state index contributed by atoms with van der Waals surface area (Å²) in [7, 11) is 0. The number of ether oxygens (including phenoxy) is 3. The van der Waals surface area contributed by atoms with Crippen LogP contribution in [0.4, 0.5) is 0 Å². The molecule has 0 spiro atoms. The minimum atomic E-state index is -0.836. The molecule has 0 aliphatic heterocycles. The number of esters is 3. The molecule has 0 saturated heterocycles. The Labute approximate surface area is 509 Å². The predicted molar refractivity (Wildman–Crippen MR) is 361 cm³/mol. The number of hydrogen-bond acceptors (Lipinski definition) is 6. The molecule has 0 bridgehead atoms. The van der Waals surface area contributed by atoms with E-state index < -0.39 is 6.10 Å². The molecular formula is C77H118O6. The second-order valence-electron chi connectivity index (χ2n) is 20.9. The zero-order chi connectivity index (χ0) is 59.9. The minimum absolute atomic E-state index is 0.123. The number of hydrogen-bond donors (Lipinski definition) is 0. The van der Waals surface area contributed by atoms with Gasteiger partial charge in [-0.15, -0.1) is 0 Å². The lowest BCUT2D eigenvalue weighted by Crippen LogP contribution is -2.30. The first kappa shape index (κ1) is 77.2. The van der Waals surface area contributed by atoms with Gasteiger partial charge in [0.15, 0.2) is 6.10 Å². The lowest BCUT2D eigenvalue weighted by Gasteiger charge is -2.18. The van der Waals surface area contributed by atoms with E-state index in [1.54, 1.807) is 0 Å². The van der Waals surface area contributed by atoms with Gasteiger partial charge in [0, 0.05) is 19.3 Å². The topological polar surface area (TPSA) is 78.9 Å². The lowest BCUT2D eigenvalue weighted by molar-refractivity contribution is -0.166. The van der Waals surface area contributed by atoms with Crippen molar-refractivity contribution >= 4 is 17.9 Å². The van der Waals surface area contributed by atoms with Crippen molar-refractivity contribution < 1.29 is 28.6 Å². The van der Waals surface area contributed by atoms with Crippen LogP contribution in [0.25, 0.3) is 0 Å². The highest BCUT2D eigenvalue weighted by atomic mass is 16.6. The Morgan fingerprint density at radius 1 is 0.241 bits per heavy atom. The quantitative estimate of drug-likeness (QED) is 0.0261. The van der Waals surface area contributed by atoms with Crippen molar-refractivity contribution in [3.63, 3.8) is 0 Å². The number of unbranched alkanes of at least 4 members (excludes halogenated alkanes) is 14. The molecule has 1 unspecified atom stereocenters. The third-order valence-electron chi connectivity index (χ3n) is 13.1. The zero-order valence-electron chi connectivity index (χ0n) is 52.9. The van der Waals surface area contributed by atoms with Crippen molar-refractivity contribution in [3.05, 3.63) is 194 Å². The summed E-state index contributed by atoms with van der Waals surface area (Å²) >= 11 is 0. The third kappa shape index (κ3) is 66.9. The van der Waals surface area contributed by atoms with E-state index in [1.165, 1.54) is 44.9 Å². The first-order valence-corrected chi connectivity index (χ1v) is 32.9. The van der Waals surface area contributed by atoms with E-state index in [2.05, 4.69) is 203 Å². The molecular weight excluding hydrogens is 1020 g/mol. The molecule has 6 nitrogen and oxygen atoms in total. The van der Waals surface area contributed by atoms with E-state index in [4.69, 9.17) is 14.2 Å². The molecule has 0 amide bonds. The highest BCUT2D eigenvalue weighted by Crippen LogP contribution is 2.14. The largest absolute Gasteiger partial charge is 0.462 e. The smallest absolute Gasteiger partial charge is 0.306 e. The van der Waals surface area contributed by atoms with Gasteiger partial charge in [-0.3, -0.25) is 14.4 Å². The fourth-order valence-electron chi connectivity index (χ4n) is 8.29. The maximum absolute atomic E-state index is 12.9. The highest BCUT2D eigenvalue weighted by Gasteiger charge is 2.19. The maximum Gasteiger partial charge on any atom is 0.306 e. The summed E-state index contributed by atoms with van der Waals surface area (Å²) < 4.78 is 16.8. The van der Waals surface area contributed by atoms with Crippen molar-refractivity contribution in [2.24, 2.45) is 0 Å². The van der Waals surface area contributed by atoms with Gasteiger partial charge in [0.05, 0.1) is 0 Å². The van der Waals surface area contributed by atoms with E-state index in [0.717, 1.165) is 161 Å². The van der Waals surface area contributed by atoms with Gasteiger partial charge in [-0.2, -0.15) is 0 Å². The summed E-state index contributed by atoms with van der Waals surface area (Å²) in [4.78, 5) is 38.3. The van der Waals surface area contributed by atoms with Gasteiger partial charge in [-0.05, 0) is 148 Å². The fraction of sp³-hybridized carbons (Fsp3) is 0.545. The Balaban J connectivity index is 4.44. The molecule has 462 valence electrons. The van der Waals surface area contributed by atoms with Crippen molar-refractivity contribution in [1.29, 1.82) is 0 Å². The Hall–Kier alpha value is -5.75. The first-order valence-electron chi connectivity index (χ1n) is 32.9. The molecule has 6 heteroatoms. The number of carbonyl (C=O) groups excluding carboxylic acids is 3. The number of carbonyl (C=O) groups is 3. The first-order chi connectivity index (χ1) is 41.0. The van der Waals surface area contributed by atoms with Crippen LogP contribution in [0, 0.1) is 0 Å². The summed E-state index contributed by atoms with van der Waals surface area (Å²) in [5.74, 6) is -1.05. The number of allylic oxidation sites excluding steroid dienone is 32. The van der Waals surface area contributed by atoms with E-state index >= 15 is 0 Å². The summed E-state index contributed by atoms with van der Waals surface area (Å²) in [6.45, 7) is 6.19. The molecule has 0 aliphatic carbocycles. The molecule has 0 aromatic rings. The summed E-state index contributed by atoms with van der Waals surface area (Å²) in [5.41, 5.74) is 0. The SMILES string of the molecule is CC/C=C\C/C=C\C/C=C\C/C=C\C/C=C\C/C=C\CCCCCCCCCCCCC(=O)OCC(COC(=O)CC/C=C\C/C=C\C/C=C\C/C=C\CC)OC(=O)CCCCCC/C=C\C/C=C\C/C=C\C/C=C\C/C=C\C/C=C\CC. The van der Waals surface area contributed by atoms with Crippen LogP contribution in [0.1, 0.15) is 252 Å². The van der Waals surface area contributed by atoms with E-state index in [9.17, 15) is 14.4 Å². The van der Waals surface area contributed by atoms with Crippen LogP contribution in [-0.4, -0.2) is 37.2 Å². The van der Waals surface area contributed by atoms with Crippen molar-refractivity contribution in [3.8, 4) is 0 Å². The average Bonchev–Trinajstić information content (AvgIpc) is 3.49. The van der Waals surface area contributed by atoms with Gasteiger partial charge in [-0.25, -0.2) is 0 Å². The van der Waals surface area contributed by atoms with Crippen LogP contribution in [0.3, 0.4) is 0 Å². The van der Waals surface area contributed by atoms with E-state index in [0.29, 0.717) is 12.8 Å². The van der Waals surface area contributed by atoms with Gasteiger partial charge >= 0.3 is 17.9 Å². The standard InChI is InChI=1S/C77H118O6/c1-4-7-10-13-16-19-22-25-27-29-31-33-35-36-37-38-39-40-42-43-45-47-49-52-55-58-61-64-67-70-76(79)82-73-74(72-81-75(78)69-66-63-60-57-54-51-24-21-18-15-12-9-6-3)83-77(80)71-68-65-62-59-56-53-50-48-46-44-41-34-32-30-28-26-23-20-17-14-11-8-5-2/h7-12,16-21,25-28,31-34,36-37,39-40,44,46,50-51,53-54,60,63,74H,4-6,13-15,22-24,29-30,35,38,41-43,45,47-49,52,55-59,61-62,64-73H2,1-3H3/b10-7-,11-8-,12-9-,19-16-,20-17-,21-18-,27-25-,28-26-,33-31-,34-32-,37-36-,40-39-,46-44-,53-50-,54-51-,63-60-. The Morgan fingerprint density at radius 2 is 0.458 bits per heavy atom. The van der Waals surface area contributed by atoms with E-state index in [1.807, 2.05) is 12.2 Å². The van der Waals surface area contributed by atoms with Crippen molar-refractivity contribution in [2.45, 2.75) is 258 Å². The molecule has 0 saturated carbocycles. The monoisotopic (exact) mass is 1140 g/mol. The van der Waals surface area contributed by atoms with Gasteiger partial charge in [-0.1, -0.05) is 279 Å². The molecule has 0 rings (SSSR count). The summed E-state index contributed by atoms with van der Waals surface area (Å²) in [6.07, 6.45) is 105. The van der Waals surface area contributed by atoms with Crippen LogP contribution >= 0.6 is 0 Å². The normalized spacial score (nSPS) is 13.4. The van der Waals surface area contributed by atoms with Crippen molar-refractivity contribution in [1.82, 2.24) is 0 Å². The van der Waals surface area contributed by atoms with Crippen LogP contribution in [0.5, 0.6) is 0 Å². The summed E-state index contributed by atoms with van der Waals surface area (Å²) in [5, 5.41) is 0. The fourth-order valence-corrected chi connectivity index (χ4v) is 8.29. The van der Waals surface area contributed by atoms with Gasteiger partial charge in [0.1, 0.15) is 13.2 Å². The van der Waals surface area contributed by atoms with Crippen molar-refractivity contribution in [2.75, 3.05) is 13.2 Å². The van der Waals surface area contributed by atoms with Gasteiger partial charge in [0.25, 0.3) is 0 Å². The molecule has 1 atom stereocenters. The Morgan fingerprint density at radius 3 is 0.747 bits per heavy atom. The van der Waals surface area contributed by atoms with Crippen LogP contribution in [0.15, 0.2) is 194 Å². The van der Waals surface area contributed by atoms with E-state index in [-0.39, 0.29) is 44.0 Å². The molecule has 0 heterocycles. The second kappa shape index (κ2) is 68.7. The minimum Gasteiger partial charge on any atom is -0.462 e. The lowest BCUT2D eigenvalue weighted by atomic mass is 10.1. The molecule has 0 radical (unpaired) electrons. The number of rotatable bonds is 57. The Kier molecular flexibility index (Phi) is 64.0. The van der Waals surface area contributed by atoms with Crippen LogP contribution < -0.4 is 0 Å². The third-order valence-corrected chi connectivity index (χ3v) is 13.1. The molecule has 0 aliphatic rings. The average molecular weight is 1140 g/mol. The maximum atomic E-state index is 12.9. The molecule has 0 fully saturated rings. The van der Waals surface area contributed by atoms with Gasteiger partial charge in [0.2, 0.25) is 0 Å².